The molecule has 2 rings (SSSR count). The Morgan fingerprint density at radius 1 is 1.54 bits per heavy atom. The van der Waals surface area contributed by atoms with Gasteiger partial charge in [-0.1, -0.05) is 13.8 Å². The van der Waals surface area contributed by atoms with Gasteiger partial charge in [0, 0.05) is 0 Å². The normalized spacial score (nSPS) is 25.7. The van der Waals surface area contributed by atoms with Gasteiger partial charge in [-0.15, -0.1) is 9.89 Å². The third-order valence-corrected chi connectivity index (χ3v) is 2.33. The second-order valence-electron chi connectivity index (χ2n) is 3.13. The summed E-state index contributed by atoms with van der Waals surface area (Å²) in [7, 11) is 0. The molecule has 72 valence electrons. The van der Waals surface area contributed by atoms with Crippen molar-refractivity contribution in [3.05, 3.63) is 5.82 Å². The van der Waals surface area contributed by atoms with Crippen molar-refractivity contribution in [2.45, 2.75) is 32.4 Å². The van der Waals surface area contributed by atoms with E-state index in [1.165, 1.54) is 0 Å². The maximum Gasteiger partial charge on any atom is 0.193 e. The summed E-state index contributed by atoms with van der Waals surface area (Å²) in [6.45, 7) is 5.15. The molecule has 6 heteroatoms. The average molecular weight is 182 g/mol. The van der Waals surface area contributed by atoms with Gasteiger partial charge in [-0.2, -0.15) is 0 Å². The highest BCUT2D eigenvalue weighted by molar-refractivity contribution is 5.10. The third kappa shape index (κ3) is 1.27. The molecule has 1 aromatic rings. The van der Waals surface area contributed by atoms with Crippen molar-refractivity contribution < 1.29 is 0 Å². The lowest BCUT2D eigenvalue weighted by Gasteiger charge is -2.16. The first kappa shape index (κ1) is 8.43. The molecule has 0 bridgehead atoms. The number of nitrogens with zero attached hydrogens (tertiary/aromatic N) is 4. The number of hydrogen-bond donors (Lipinski definition) is 2. The van der Waals surface area contributed by atoms with Gasteiger partial charge in [0.1, 0.15) is 0 Å². The summed E-state index contributed by atoms with van der Waals surface area (Å²) in [5.74, 6) is 0.883. The standard InChI is InChI=1S/C7H14N6/c1-3-5-6(8-4-2)7-9-11-12-13(7)10-5/h5-6,8,10H,3-4H2,1-2H3. The average Bonchev–Trinajstić information content (AvgIpc) is 2.67. The summed E-state index contributed by atoms with van der Waals surface area (Å²) in [6, 6.07) is 0.614. The Morgan fingerprint density at radius 3 is 3.08 bits per heavy atom. The van der Waals surface area contributed by atoms with Gasteiger partial charge in [0.15, 0.2) is 5.82 Å². The molecule has 6 nitrogen and oxygen atoms in total. The Balaban J connectivity index is 2.20. The van der Waals surface area contributed by atoms with Crippen LogP contribution in [0.15, 0.2) is 0 Å². The van der Waals surface area contributed by atoms with Crippen molar-refractivity contribution in [3.63, 3.8) is 0 Å². The van der Waals surface area contributed by atoms with E-state index in [0.29, 0.717) is 6.04 Å². The number of fused-ring (bicyclic) bond motifs is 1. The quantitative estimate of drug-likeness (QED) is 0.669. The number of nitrogens with one attached hydrogen (secondary N) is 2. The third-order valence-electron chi connectivity index (χ3n) is 2.33. The van der Waals surface area contributed by atoms with Crippen molar-refractivity contribution in [1.29, 1.82) is 0 Å². The highest BCUT2D eigenvalue weighted by atomic mass is 15.7. The van der Waals surface area contributed by atoms with Crippen LogP contribution in [-0.4, -0.2) is 32.9 Å². The van der Waals surface area contributed by atoms with Crippen LogP contribution in [0.2, 0.25) is 0 Å². The fourth-order valence-corrected chi connectivity index (χ4v) is 1.67. The number of aromatic nitrogens is 4. The van der Waals surface area contributed by atoms with Gasteiger partial charge in [-0.05, 0) is 23.4 Å². The minimum atomic E-state index is 0.241. The van der Waals surface area contributed by atoms with Crippen LogP contribution in [-0.2, 0) is 0 Å². The fourth-order valence-electron chi connectivity index (χ4n) is 1.67. The van der Waals surface area contributed by atoms with Crippen LogP contribution in [0.3, 0.4) is 0 Å². The molecule has 0 radical (unpaired) electrons. The summed E-state index contributed by atoms with van der Waals surface area (Å²) < 4.78 is 0. The Hall–Kier alpha value is -1.17. The molecule has 0 fully saturated rings. The maximum absolute atomic E-state index is 3.97. The largest absolute Gasteiger partial charge is 0.306 e. The van der Waals surface area contributed by atoms with Crippen molar-refractivity contribution in [1.82, 2.24) is 25.6 Å². The molecule has 1 aliphatic rings. The minimum Gasteiger partial charge on any atom is -0.306 e. The van der Waals surface area contributed by atoms with E-state index in [1.807, 2.05) is 0 Å². The highest BCUT2D eigenvalue weighted by Gasteiger charge is 2.33. The van der Waals surface area contributed by atoms with Gasteiger partial charge in [-0.25, -0.2) is 0 Å². The number of tetrazole rings is 1. The fraction of sp³-hybridized carbons (Fsp3) is 0.857. The first-order valence-corrected chi connectivity index (χ1v) is 4.65. The molecular formula is C7H14N6. The second kappa shape index (κ2) is 3.29. The zero-order valence-electron chi connectivity index (χ0n) is 7.86. The molecule has 0 saturated heterocycles. The van der Waals surface area contributed by atoms with Crippen LogP contribution in [0.1, 0.15) is 32.1 Å². The zero-order valence-corrected chi connectivity index (χ0v) is 7.86. The molecular weight excluding hydrogens is 168 g/mol. The lowest BCUT2D eigenvalue weighted by molar-refractivity contribution is 0.474. The van der Waals surface area contributed by atoms with Crippen molar-refractivity contribution in [2.24, 2.45) is 0 Å². The predicted molar refractivity (Wildman–Crippen MR) is 47.7 cm³/mol. The summed E-state index contributed by atoms with van der Waals surface area (Å²) in [4.78, 5) is 1.65. The molecule has 1 aromatic heterocycles. The van der Waals surface area contributed by atoms with Crippen LogP contribution in [0.5, 0.6) is 0 Å². The van der Waals surface area contributed by atoms with Crippen LogP contribution in [0.4, 0.5) is 0 Å². The predicted octanol–water partition coefficient (Wildman–Crippen LogP) is -0.341. The molecule has 2 atom stereocenters. The Labute approximate surface area is 76.7 Å². The monoisotopic (exact) mass is 182 g/mol. The van der Waals surface area contributed by atoms with E-state index in [1.54, 1.807) is 4.79 Å². The first-order chi connectivity index (χ1) is 6.36. The summed E-state index contributed by atoms with van der Waals surface area (Å²) in [5.41, 5.74) is 3.22. The lowest BCUT2D eigenvalue weighted by Crippen LogP contribution is -2.32. The molecule has 2 unspecified atom stereocenters. The molecule has 13 heavy (non-hydrogen) atoms. The smallest absolute Gasteiger partial charge is 0.193 e. The lowest BCUT2D eigenvalue weighted by atomic mass is 10.1. The van der Waals surface area contributed by atoms with Gasteiger partial charge in [0.25, 0.3) is 0 Å². The molecule has 0 saturated carbocycles. The van der Waals surface area contributed by atoms with Gasteiger partial charge in [0.2, 0.25) is 0 Å². The number of hydrogen-bond acceptors (Lipinski definition) is 5. The summed E-state index contributed by atoms with van der Waals surface area (Å²) in [5, 5.41) is 14.8. The highest BCUT2D eigenvalue weighted by Crippen LogP contribution is 2.21. The number of rotatable bonds is 3. The molecule has 0 aromatic carbocycles. The van der Waals surface area contributed by atoms with Crippen molar-refractivity contribution in [3.8, 4) is 0 Å². The zero-order chi connectivity index (χ0) is 9.26. The van der Waals surface area contributed by atoms with E-state index < -0.39 is 0 Å². The van der Waals surface area contributed by atoms with E-state index in [4.69, 9.17) is 0 Å². The van der Waals surface area contributed by atoms with Gasteiger partial charge < -0.3 is 10.7 Å². The van der Waals surface area contributed by atoms with E-state index in [2.05, 4.69) is 40.1 Å². The minimum absolute atomic E-state index is 0.241. The van der Waals surface area contributed by atoms with Gasteiger partial charge in [-0.3, -0.25) is 0 Å². The Bertz CT molecular complexity index is 282. The van der Waals surface area contributed by atoms with Crippen molar-refractivity contribution in [2.75, 3.05) is 12.0 Å². The van der Waals surface area contributed by atoms with Crippen LogP contribution in [0, 0.1) is 0 Å². The maximum atomic E-state index is 3.97. The van der Waals surface area contributed by atoms with E-state index in [0.717, 1.165) is 18.8 Å². The summed E-state index contributed by atoms with van der Waals surface area (Å²) in [6.07, 6.45) is 1.04. The van der Waals surface area contributed by atoms with Crippen LogP contribution in [0.25, 0.3) is 0 Å². The van der Waals surface area contributed by atoms with Crippen LogP contribution >= 0.6 is 0 Å². The molecule has 1 aliphatic heterocycles. The Morgan fingerprint density at radius 2 is 2.38 bits per heavy atom. The van der Waals surface area contributed by atoms with Gasteiger partial charge >= 0.3 is 0 Å². The van der Waals surface area contributed by atoms with E-state index in [9.17, 15) is 0 Å². The Kier molecular flexibility index (Phi) is 2.13. The summed E-state index contributed by atoms with van der Waals surface area (Å²) >= 11 is 0. The first-order valence-electron chi connectivity index (χ1n) is 4.65. The molecule has 0 amide bonds. The topological polar surface area (TPSA) is 67.7 Å². The molecule has 2 heterocycles. The number of likely N-dealkylation sites (N-methyl/N-ethyl adjacent to an activating group) is 1. The van der Waals surface area contributed by atoms with E-state index in [-0.39, 0.29) is 6.04 Å². The van der Waals surface area contributed by atoms with Crippen molar-refractivity contribution >= 4 is 0 Å². The van der Waals surface area contributed by atoms with Gasteiger partial charge in [0.05, 0.1) is 12.1 Å². The molecule has 0 spiro atoms. The second-order valence-corrected chi connectivity index (χ2v) is 3.13. The van der Waals surface area contributed by atoms with Crippen LogP contribution < -0.4 is 10.7 Å². The molecule has 0 aliphatic carbocycles. The van der Waals surface area contributed by atoms with E-state index >= 15 is 0 Å². The molecule has 2 N–H and O–H groups in total. The SMILES string of the molecule is CCNC1c2nnnn2NC1CC.